The predicted octanol–water partition coefficient (Wildman–Crippen LogP) is 1.04. The molecule has 1 aliphatic rings. The van der Waals surface area contributed by atoms with Gasteiger partial charge in [-0.1, -0.05) is 0 Å². The quantitative estimate of drug-likeness (QED) is 0.745. The Morgan fingerprint density at radius 2 is 2.20 bits per heavy atom. The zero-order chi connectivity index (χ0) is 14.8. The van der Waals surface area contributed by atoms with Gasteiger partial charge in [0.15, 0.2) is 0 Å². The molecule has 0 unspecified atom stereocenters. The maximum absolute atomic E-state index is 12.1. The molecule has 0 saturated heterocycles. The molecule has 0 amide bonds. The highest BCUT2D eigenvalue weighted by Gasteiger charge is 2.27. The van der Waals surface area contributed by atoms with E-state index in [0.717, 1.165) is 23.5 Å². The summed E-state index contributed by atoms with van der Waals surface area (Å²) < 4.78 is 52.4. The Hall–Kier alpha value is -0.550. The van der Waals surface area contributed by atoms with E-state index in [2.05, 4.69) is 9.44 Å². The van der Waals surface area contributed by atoms with E-state index < -0.39 is 20.0 Å². The predicted molar refractivity (Wildman–Crippen MR) is 81.9 cm³/mol. The largest absolute Gasteiger partial charge is 0.286 e. The highest BCUT2D eigenvalue weighted by Crippen LogP contribution is 2.32. The summed E-state index contributed by atoms with van der Waals surface area (Å²) in [7, 11) is -7.28. The van der Waals surface area contributed by atoms with E-state index in [4.69, 9.17) is 0 Å². The van der Waals surface area contributed by atoms with Gasteiger partial charge in [0.2, 0.25) is 10.0 Å². The van der Waals surface area contributed by atoms with Crippen molar-refractivity contribution in [2.24, 2.45) is 0 Å². The summed E-state index contributed by atoms with van der Waals surface area (Å²) in [6.07, 6.45) is 5.50. The first-order valence-electron chi connectivity index (χ1n) is 5.68. The summed E-state index contributed by atoms with van der Waals surface area (Å²) in [5.74, 6) is 0.866. The first kappa shape index (κ1) is 15.8. The van der Waals surface area contributed by atoms with E-state index in [-0.39, 0.29) is 8.42 Å². The van der Waals surface area contributed by atoms with Crippen LogP contribution in [0.5, 0.6) is 0 Å². The molecular weight excluding hydrogens is 340 g/mol. The van der Waals surface area contributed by atoms with Crippen LogP contribution in [0.25, 0.3) is 6.08 Å². The van der Waals surface area contributed by atoms with Crippen molar-refractivity contribution in [3.63, 3.8) is 0 Å². The van der Waals surface area contributed by atoms with Gasteiger partial charge in [0.1, 0.15) is 8.42 Å². The summed E-state index contributed by atoms with van der Waals surface area (Å²) in [6.45, 7) is 0.340. The molecule has 2 heterocycles. The SMILES string of the molecule is CSCCCNS(=O)(=O)c1cc2c(s1)S(=O)(=O)NC=C2. The van der Waals surface area contributed by atoms with Gasteiger partial charge in [0, 0.05) is 18.3 Å². The number of sulfonamides is 2. The number of nitrogens with one attached hydrogen (secondary N) is 2. The van der Waals surface area contributed by atoms with Gasteiger partial charge in [-0.05, 0) is 30.6 Å². The zero-order valence-corrected chi connectivity index (χ0v) is 13.9. The lowest BCUT2D eigenvalue weighted by Gasteiger charge is -2.06. The van der Waals surface area contributed by atoms with Gasteiger partial charge in [0.05, 0.1) is 0 Å². The Morgan fingerprint density at radius 1 is 1.45 bits per heavy atom. The first-order chi connectivity index (χ1) is 9.37. The van der Waals surface area contributed by atoms with E-state index in [9.17, 15) is 16.8 Å². The van der Waals surface area contributed by atoms with E-state index >= 15 is 0 Å². The molecule has 6 nitrogen and oxygen atoms in total. The minimum Gasteiger partial charge on any atom is -0.286 e. The molecule has 112 valence electrons. The molecule has 10 heteroatoms. The molecule has 2 rings (SSSR count). The van der Waals surface area contributed by atoms with E-state index in [1.807, 2.05) is 6.26 Å². The van der Waals surface area contributed by atoms with Crippen molar-refractivity contribution in [3.8, 4) is 0 Å². The van der Waals surface area contributed by atoms with Crippen molar-refractivity contribution in [2.75, 3.05) is 18.6 Å². The third-order valence-corrected chi connectivity index (χ3v) is 8.17. The maximum atomic E-state index is 12.1. The Morgan fingerprint density at radius 3 is 2.85 bits per heavy atom. The molecule has 20 heavy (non-hydrogen) atoms. The summed E-state index contributed by atoms with van der Waals surface area (Å²) in [5, 5.41) is 0. The zero-order valence-electron chi connectivity index (χ0n) is 10.6. The monoisotopic (exact) mass is 354 g/mol. The molecule has 1 aromatic rings. The molecule has 0 radical (unpaired) electrons. The van der Waals surface area contributed by atoms with E-state index in [1.54, 1.807) is 17.8 Å². The van der Waals surface area contributed by atoms with Crippen molar-refractivity contribution in [1.82, 2.24) is 9.44 Å². The number of hydrogen-bond donors (Lipinski definition) is 2. The number of hydrogen-bond acceptors (Lipinski definition) is 6. The van der Waals surface area contributed by atoms with Crippen LogP contribution in [0.15, 0.2) is 20.7 Å². The minimum atomic E-state index is -3.65. The summed E-state index contributed by atoms with van der Waals surface area (Å²) >= 11 is 2.40. The third-order valence-electron chi connectivity index (χ3n) is 2.51. The van der Waals surface area contributed by atoms with Crippen LogP contribution in [0, 0.1) is 0 Å². The van der Waals surface area contributed by atoms with Crippen molar-refractivity contribution in [3.05, 3.63) is 17.8 Å². The van der Waals surface area contributed by atoms with Crippen molar-refractivity contribution in [1.29, 1.82) is 0 Å². The molecule has 0 aliphatic carbocycles. The average molecular weight is 355 g/mol. The van der Waals surface area contributed by atoms with Crippen LogP contribution in [0.1, 0.15) is 12.0 Å². The average Bonchev–Trinajstić information content (AvgIpc) is 2.81. The Kier molecular flexibility index (Phi) is 4.80. The van der Waals surface area contributed by atoms with Crippen molar-refractivity contribution < 1.29 is 16.8 Å². The second-order valence-corrected chi connectivity index (χ2v) is 9.95. The van der Waals surface area contributed by atoms with Gasteiger partial charge in [-0.25, -0.2) is 21.6 Å². The topological polar surface area (TPSA) is 92.3 Å². The fourth-order valence-electron chi connectivity index (χ4n) is 1.59. The highest BCUT2D eigenvalue weighted by atomic mass is 32.3. The molecular formula is C10H14N2O4S4. The third kappa shape index (κ3) is 3.37. The smallest absolute Gasteiger partial charge is 0.271 e. The van der Waals surface area contributed by atoms with Gasteiger partial charge in [-0.15, -0.1) is 11.3 Å². The lowest BCUT2D eigenvalue weighted by Crippen LogP contribution is -2.24. The number of thiophene rings is 1. The first-order valence-corrected chi connectivity index (χ1v) is 10.9. The molecule has 0 saturated carbocycles. The maximum Gasteiger partial charge on any atom is 0.271 e. The van der Waals surface area contributed by atoms with Crippen LogP contribution in [-0.4, -0.2) is 35.4 Å². The molecule has 0 spiro atoms. The summed E-state index contributed by atoms with van der Waals surface area (Å²) in [4.78, 5) is 0. The van der Waals surface area contributed by atoms with Crippen LogP contribution in [0.4, 0.5) is 0 Å². The van der Waals surface area contributed by atoms with Crippen molar-refractivity contribution in [2.45, 2.75) is 14.8 Å². The second-order valence-electron chi connectivity index (χ2n) is 4.01. The van der Waals surface area contributed by atoms with Gasteiger partial charge in [-0.2, -0.15) is 11.8 Å². The van der Waals surface area contributed by atoms with Gasteiger partial charge >= 0.3 is 0 Å². The van der Waals surface area contributed by atoms with Crippen LogP contribution in [0.2, 0.25) is 0 Å². The molecule has 0 aromatic carbocycles. The molecule has 0 fully saturated rings. The van der Waals surface area contributed by atoms with Gasteiger partial charge in [0.25, 0.3) is 10.0 Å². The van der Waals surface area contributed by atoms with Gasteiger partial charge < -0.3 is 0 Å². The highest BCUT2D eigenvalue weighted by molar-refractivity contribution is 7.98. The Balaban J connectivity index is 2.22. The fourth-order valence-corrected chi connectivity index (χ4v) is 6.14. The molecule has 1 aromatic heterocycles. The lowest BCUT2D eigenvalue weighted by molar-refractivity contribution is 0.583. The van der Waals surface area contributed by atoms with E-state index in [1.165, 1.54) is 12.3 Å². The number of rotatable bonds is 6. The van der Waals surface area contributed by atoms with Gasteiger partial charge in [-0.3, -0.25) is 4.72 Å². The Labute approximate surface area is 126 Å². The fraction of sp³-hybridized carbons (Fsp3) is 0.400. The summed E-state index contributed by atoms with van der Waals surface area (Å²) in [5.41, 5.74) is 0.401. The van der Waals surface area contributed by atoms with E-state index in [0.29, 0.717) is 12.1 Å². The normalized spacial score (nSPS) is 16.6. The molecule has 0 atom stereocenters. The minimum absolute atomic E-state index is 0.0172. The Bertz CT molecular complexity index is 718. The van der Waals surface area contributed by atoms with Crippen LogP contribution < -0.4 is 9.44 Å². The lowest BCUT2D eigenvalue weighted by atomic mass is 10.3. The number of fused-ring (bicyclic) bond motifs is 1. The van der Waals surface area contributed by atoms with Crippen LogP contribution in [-0.2, 0) is 20.0 Å². The number of thioether (sulfide) groups is 1. The standard InChI is InChI=1S/C10H14N2O4S4/c1-17-6-2-4-11-19(13,14)9-7-8-3-5-12-20(15,16)10(8)18-9/h3,5,7,11-12H,2,4,6H2,1H3. The molecule has 0 bridgehead atoms. The second kappa shape index (κ2) is 6.06. The molecule has 2 N–H and O–H groups in total. The molecule has 1 aliphatic heterocycles. The summed E-state index contributed by atoms with van der Waals surface area (Å²) in [6, 6.07) is 1.38. The van der Waals surface area contributed by atoms with Crippen LogP contribution in [0.3, 0.4) is 0 Å². The van der Waals surface area contributed by atoms with Crippen LogP contribution >= 0.6 is 23.1 Å². The van der Waals surface area contributed by atoms with Crippen molar-refractivity contribution >= 4 is 49.2 Å².